The van der Waals surface area contributed by atoms with Crippen LogP contribution in [0.3, 0.4) is 0 Å². The zero-order chi connectivity index (χ0) is 14.5. The van der Waals surface area contributed by atoms with Crippen LogP contribution in [0.2, 0.25) is 0 Å². The van der Waals surface area contributed by atoms with E-state index in [0.29, 0.717) is 23.3 Å². The predicted molar refractivity (Wildman–Crippen MR) is 81.9 cm³/mol. The van der Waals surface area contributed by atoms with Gasteiger partial charge in [-0.3, -0.25) is 0 Å². The highest BCUT2D eigenvalue weighted by molar-refractivity contribution is 5.27. The van der Waals surface area contributed by atoms with E-state index in [0.717, 1.165) is 12.8 Å². The molecule has 0 aliphatic heterocycles. The molecule has 0 saturated carbocycles. The number of hydrogen-bond acceptors (Lipinski definition) is 2. The second-order valence-corrected chi connectivity index (χ2v) is 5.70. The molecule has 0 saturated heterocycles. The number of phenols is 2. The maximum absolute atomic E-state index is 9.30. The van der Waals surface area contributed by atoms with Crippen LogP contribution < -0.4 is 0 Å². The lowest BCUT2D eigenvalue weighted by Gasteiger charge is -2.20. The zero-order valence-corrected chi connectivity index (χ0v) is 12.1. The fourth-order valence-corrected chi connectivity index (χ4v) is 2.41. The lowest BCUT2D eigenvalue weighted by molar-refractivity contribution is 0.383. The van der Waals surface area contributed by atoms with Crippen LogP contribution in [0, 0.1) is 11.8 Å². The van der Waals surface area contributed by atoms with Crippen LogP contribution in [0.15, 0.2) is 48.5 Å². The van der Waals surface area contributed by atoms with Crippen molar-refractivity contribution in [3.63, 3.8) is 0 Å². The Hall–Kier alpha value is -1.96. The van der Waals surface area contributed by atoms with Crippen molar-refractivity contribution in [1.82, 2.24) is 0 Å². The Morgan fingerprint density at radius 3 is 1.25 bits per heavy atom. The summed E-state index contributed by atoms with van der Waals surface area (Å²) in [6, 6.07) is 14.9. The van der Waals surface area contributed by atoms with Gasteiger partial charge in [-0.05, 0) is 60.1 Å². The number of phenolic OH excluding ortho intramolecular Hbond substituents is 2. The largest absolute Gasteiger partial charge is 0.508 e. The summed E-state index contributed by atoms with van der Waals surface area (Å²) < 4.78 is 0. The van der Waals surface area contributed by atoms with Crippen LogP contribution in [0.25, 0.3) is 0 Å². The summed E-state index contributed by atoms with van der Waals surface area (Å²) in [6.07, 6.45) is 2.03. The summed E-state index contributed by atoms with van der Waals surface area (Å²) in [7, 11) is 0. The van der Waals surface area contributed by atoms with E-state index in [2.05, 4.69) is 13.8 Å². The van der Waals surface area contributed by atoms with Gasteiger partial charge >= 0.3 is 0 Å². The van der Waals surface area contributed by atoms with Crippen LogP contribution >= 0.6 is 0 Å². The van der Waals surface area contributed by atoms with Gasteiger partial charge in [0.25, 0.3) is 0 Å². The third kappa shape index (κ3) is 4.02. The Bertz CT molecular complexity index is 477. The molecule has 0 aromatic heterocycles. The standard InChI is InChI=1S/C18H22O2/c1-13(11-15-3-7-17(19)8-4-15)14(2)12-16-5-9-18(20)10-6-16/h3-10,13-14,19-20H,11-12H2,1-2H3. The zero-order valence-electron chi connectivity index (χ0n) is 12.1. The lowest BCUT2D eigenvalue weighted by atomic mass is 9.85. The first-order chi connectivity index (χ1) is 9.54. The minimum atomic E-state index is 0.318. The van der Waals surface area contributed by atoms with Crippen molar-refractivity contribution in [1.29, 1.82) is 0 Å². The van der Waals surface area contributed by atoms with E-state index in [1.807, 2.05) is 24.3 Å². The van der Waals surface area contributed by atoms with Gasteiger partial charge in [0, 0.05) is 0 Å². The van der Waals surface area contributed by atoms with E-state index in [4.69, 9.17) is 0 Å². The van der Waals surface area contributed by atoms with Gasteiger partial charge in [-0.1, -0.05) is 38.1 Å². The molecule has 0 aliphatic rings. The third-order valence-corrected chi connectivity index (χ3v) is 3.96. The SMILES string of the molecule is CC(Cc1ccc(O)cc1)C(C)Cc1ccc(O)cc1. The van der Waals surface area contributed by atoms with Gasteiger partial charge in [-0.15, -0.1) is 0 Å². The molecule has 2 atom stereocenters. The van der Waals surface area contributed by atoms with Crippen LogP contribution in [-0.2, 0) is 12.8 Å². The minimum absolute atomic E-state index is 0.318. The Balaban J connectivity index is 1.93. The van der Waals surface area contributed by atoms with Crippen molar-refractivity contribution < 1.29 is 10.2 Å². The van der Waals surface area contributed by atoms with E-state index < -0.39 is 0 Å². The molecule has 2 rings (SSSR count). The van der Waals surface area contributed by atoms with E-state index in [-0.39, 0.29) is 0 Å². The highest BCUT2D eigenvalue weighted by Crippen LogP contribution is 2.23. The maximum Gasteiger partial charge on any atom is 0.115 e. The van der Waals surface area contributed by atoms with Gasteiger partial charge in [0.15, 0.2) is 0 Å². The molecule has 2 aromatic carbocycles. The summed E-state index contributed by atoms with van der Waals surface area (Å²) in [6.45, 7) is 4.52. The van der Waals surface area contributed by atoms with Crippen LogP contribution in [0.4, 0.5) is 0 Å². The maximum atomic E-state index is 9.30. The molecule has 2 N–H and O–H groups in total. The fourth-order valence-electron chi connectivity index (χ4n) is 2.41. The van der Waals surface area contributed by atoms with Crippen molar-refractivity contribution in [2.45, 2.75) is 26.7 Å². The number of benzene rings is 2. The molecule has 0 radical (unpaired) electrons. The highest BCUT2D eigenvalue weighted by atomic mass is 16.3. The number of aromatic hydroxyl groups is 2. The third-order valence-electron chi connectivity index (χ3n) is 3.96. The predicted octanol–water partition coefficient (Wildman–Crippen LogP) is 4.16. The minimum Gasteiger partial charge on any atom is -0.508 e. The second-order valence-electron chi connectivity index (χ2n) is 5.70. The van der Waals surface area contributed by atoms with Crippen molar-refractivity contribution in [3.05, 3.63) is 59.7 Å². The van der Waals surface area contributed by atoms with E-state index >= 15 is 0 Å². The second kappa shape index (κ2) is 6.47. The number of rotatable bonds is 5. The summed E-state index contributed by atoms with van der Waals surface area (Å²) in [5, 5.41) is 18.6. The Morgan fingerprint density at radius 2 is 0.950 bits per heavy atom. The van der Waals surface area contributed by atoms with Gasteiger partial charge in [-0.25, -0.2) is 0 Å². The molecule has 0 amide bonds. The van der Waals surface area contributed by atoms with E-state index in [1.54, 1.807) is 24.3 Å². The summed E-state index contributed by atoms with van der Waals surface area (Å²) in [4.78, 5) is 0. The summed E-state index contributed by atoms with van der Waals surface area (Å²) in [5.74, 6) is 1.76. The fraction of sp³-hybridized carbons (Fsp3) is 0.333. The lowest BCUT2D eigenvalue weighted by Crippen LogP contribution is -2.13. The molecule has 0 aliphatic carbocycles. The summed E-state index contributed by atoms with van der Waals surface area (Å²) in [5.41, 5.74) is 2.51. The first kappa shape index (κ1) is 14.4. The first-order valence-corrected chi connectivity index (χ1v) is 7.10. The topological polar surface area (TPSA) is 40.5 Å². The van der Waals surface area contributed by atoms with E-state index in [9.17, 15) is 10.2 Å². The Kier molecular flexibility index (Phi) is 4.67. The summed E-state index contributed by atoms with van der Waals surface area (Å²) >= 11 is 0. The van der Waals surface area contributed by atoms with Crippen LogP contribution in [0.5, 0.6) is 11.5 Å². The molecule has 0 fully saturated rings. The van der Waals surface area contributed by atoms with Crippen LogP contribution in [0.1, 0.15) is 25.0 Å². The Labute approximate surface area is 120 Å². The van der Waals surface area contributed by atoms with Gasteiger partial charge in [0.2, 0.25) is 0 Å². The van der Waals surface area contributed by atoms with Gasteiger partial charge in [0.1, 0.15) is 11.5 Å². The molecule has 106 valence electrons. The quantitative estimate of drug-likeness (QED) is 0.856. The number of hydrogen-bond donors (Lipinski definition) is 2. The van der Waals surface area contributed by atoms with Crippen molar-refractivity contribution >= 4 is 0 Å². The molecular weight excluding hydrogens is 248 g/mol. The highest BCUT2D eigenvalue weighted by Gasteiger charge is 2.13. The van der Waals surface area contributed by atoms with Gasteiger partial charge in [0.05, 0.1) is 0 Å². The van der Waals surface area contributed by atoms with E-state index in [1.165, 1.54) is 11.1 Å². The molecule has 20 heavy (non-hydrogen) atoms. The van der Waals surface area contributed by atoms with Gasteiger partial charge < -0.3 is 10.2 Å². The molecule has 2 aromatic rings. The average molecular weight is 270 g/mol. The molecule has 0 bridgehead atoms. The smallest absolute Gasteiger partial charge is 0.115 e. The van der Waals surface area contributed by atoms with Gasteiger partial charge in [-0.2, -0.15) is 0 Å². The molecular formula is C18H22O2. The normalized spacial score (nSPS) is 13.9. The van der Waals surface area contributed by atoms with Crippen molar-refractivity contribution in [2.75, 3.05) is 0 Å². The molecule has 0 heterocycles. The van der Waals surface area contributed by atoms with Crippen molar-refractivity contribution in [3.8, 4) is 11.5 Å². The van der Waals surface area contributed by atoms with Crippen LogP contribution in [-0.4, -0.2) is 10.2 Å². The first-order valence-electron chi connectivity index (χ1n) is 7.10. The average Bonchev–Trinajstić information content (AvgIpc) is 2.44. The Morgan fingerprint density at radius 1 is 0.650 bits per heavy atom. The van der Waals surface area contributed by atoms with Crippen molar-refractivity contribution in [2.24, 2.45) is 11.8 Å². The molecule has 2 nitrogen and oxygen atoms in total. The molecule has 2 unspecified atom stereocenters. The molecule has 2 heteroatoms. The monoisotopic (exact) mass is 270 g/mol. The molecule has 0 spiro atoms.